The molecule has 5 heteroatoms. The first kappa shape index (κ1) is 14.5. The maximum Gasteiger partial charge on any atom is 0.272 e. The number of amides is 1. The minimum atomic E-state index is -0.146. The number of aromatic nitrogens is 2. The average molecular weight is 252 g/mol. The van der Waals surface area contributed by atoms with Gasteiger partial charge in [0, 0.05) is 12.1 Å². The third kappa shape index (κ3) is 2.66. The van der Waals surface area contributed by atoms with E-state index in [1.54, 1.807) is 4.68 Å². The Morgan fingerprint density at radius 2 is 1.89 bits per heavy atom. The normalized spacial score (nSPS) is 11.6. The molecule has 1 aromatic rings. The minimum absolute atomic E-state index is 0.127. The molecule has 18 heavy (non-hydrogen) atoms. The summed E-state index contributed by atoms with van der Waals surface area (Å²) in [6.45, 7) is 8.85. The van der Waals surface area contributed by atoms with E-state index in [-0.39, 0.29) is 11.4 Å². The Bertz CT molecular complexity index is 399. The first-order valence-electron chi connectivity index (χ1n) is 6.67. The molecule has 1 amide bonds. The van der Waals surface area contributed by atoms with Gasteiger partial charge in [-0.2, -0.15) is 5.10 Å². The molecule has 0 aliphatic carbocycles. The van der Waals surface area contributed by atoms with Gasteiger partial charge in [-0.3, -0.25) is 9.48 Å². The van der Waals surface area contributed by atoms with E-state index in [9.17, 15) is 4.79 Å². The van der Waals surface area contributed by atoms with Crippen LogP contribution in [0.15, 0.2) is 6.20 Å². The molecular formula is C13H24N4O. The van der Waals surface area contributed by atoms with Gasteiger partial charge in [-0.1, -0.05) is 20.8 Å². The summed E-state index contributed by atoms with van der Waals surface area (Å²) < 4.78 is 1.64. The SMILES string of the molecule is CCn1ncc(N)c1C(=O)NC(CC)(CC)CC. The molecule has 0 saturated carbocycles. The second-order valence-electron chi connectivity index (χ2n) is 4.56. The maximum absolute atomic E-state index is 12.3. The Hall–Kier alpha value is -1.52. The standard InChI is InChI=1S/C13H24N4O/c1-5-13(6-2,7-3)16-12(18)11-10(14)9-15-17(11)8-4/h9H,5-8,14H2,1-4H3,(H,16,18). The van der Waals surface area contributed by atoms with Crippen LogP contribution in [0.1, 0.15) is 57.4 Å². The summed E-state index contributed by atoms with van der Waals surface area (Å²) in [7, 11) is 0. The minimum Gasteiger partial charge on any atom is -0.396 e. The lowest BCUT2D eigenvalue weighted by Crippen LogP contribution is -2.47. The van der Waals surface area contributed by atoms with Gasteiger partial charge in [-0.05, 0) is 26.2 Å². The summed E-state index contributed by atoms with van der Waals surface area (Å²) in [5, 5.41) is 7.21. The summed E-state index contributed by atoms with van der Waals surface area (Å²) in [6.07, 6.45) is 4.26. The van der Waals surface area contributed by atoms with Crippen LogP contribution in [0.2, 0.25) is 0 Å². The van der Waals surface area contributed by atoms with E-state index in [1.807, 2.05) is 6.92 Å². The number of hydrogen-bond acceptors (Lipinski definition) is 3. The van der Waals surface area contributed by atoms with Crippen molar-refractivity contribution < 1.29 is 4.79 Å². The van der Waals surface area contributed by atoms with Crippen LogP contribution in [0.3, 0.4) is 0 Å². The van der Waals surface area contributed by atoms with Crippen LogP contribution in [0.4, 0.5) is 5.69 Å². The molecule has 0 aliphatic rings. The fourth-order valence-corrected chi connectivity index (χ4v) is 2.20. The lowest BCUT2D eigenvalue weighted by molar-refractivity contribution is 0.0878. The van der Waals surface area contributed by atoms with Crippen molar-refractivity contribution in [2.45, 2.75) is 59.0 Å². The summed E-state index contributed by atoms with van der Waals surface area (Å²) in [5.74, 6) is -0.127. The topological polar surface area (TPSA) is 72.9 Å². The Balaban J connectivity index is 2.97. The molecule has 0 atom stereocenters. The van der Waals surface area contributed by atoms with Crippen molar-refractivity contribution >= 4 is 11.6 Å². The van der Waals surface area contributed by atoms with Crippen molar-refractivity contribution in [3.05, 3.63) is 11.9 Å². The number of carbonyl (C=O) groups is 1. The average Bonchev–Trinajstić information content (AvgIpc) is 2.77. The van der Waals surface area contributed by atoms with Gasteiger partial charge in [-0.25, -0.2) is 0 Å². The molecule has 1 heterocycles. The first-order valence-corrected chi connectivity index (χ1v) is 6.67. The van der Waals surface area contributed by atoms with Gasteiger partial charge >= 0.3 is 0 Å². The number of nitrogens with zero attached hydrogens (tertiary/aromatic N) is 2. The van der Waals surface area contributed by atoms with Crippen LogP contribution >= 0.6 is 0 Å². The molecule has 0 bridgehead atoms. The Labute approximate surface area is 109 Å². The lowest BCUT2D eigenvalue weighted by Gasteiger charge is -2.31. The van der Waals surface area contributed by atoms with Gasteiger partial charge in [0.2, 0.25) is 0 Å². The molecule has 1 rings (SSSR count). The zero-order valence-electron chi connectivity index (χ0n) is 11.8. The molecule has 0 fully saturated rings. The predicted molar refractivity (Wildman–Crippen MR) is 73.4 cm³/mol. The summed E-state index contributed by atoms with van der Waals surface area (Å²) in [6, 6.07) is 0. The highest BCUT2D eigenvalue weighted by atomic mass is 16.2. The molecule has 0 saturated heterocycles. The van der Waals surface area contributed by atoms with E-state index in [0.717, 1.165) is 19.3 Å². The van der Waals surface area contributed by atoms with Gasteiger partial charge in [0.05, 0.1) is 11.9 Å². The molecule has 0 spiro atoms. The molecule has 102 valence electrons. The number of hydrogen-bond donors (Lipinski definition) is 2. The monoisotopic (exact) mass is 252 g/mol. The summed E-state index contributed by atoms with van der Waals surface area (Å²) in [5.41, 5.74) is 6.58. The van der Waals surface area contributed by atoms with Crippen molar-refractivity contribution in [2.24, 2.45) is 0 Å². The van der Waals surface area contributed by atoms with Crippen molar-refractivity contribution in [1.82, 2.24) is 15.1 Å². The van der Waals surface area contributed by atoms with Crippen LogP contribution in [0, 0.1) is 0 Å². The van der Waals surface area contributed by atoms with Crippen LogP contribution in [0.5, 0.6) is 0 Å². The molecule has 0 aromatic carbocycles. The van der Waals surface area contributed by atoms with E-state index in [0.29, 0.717) is 17.9 Å². The van der Waals surface area contributed by atoms with E-state index in [4.69, 9.17) is 5.73 Å². The van der Waals surface area contributed by atoms with Gasteiger partial charge in [0.25, 0.3) is 5.91 Å². The van der Waals surface area contributed by atoms with E-state index < -0.39 is 0 Å². The fourth-order valence-electron chi connectivity index (χ4n) is 2.20. The molecule has 5 nitrogen and oxygen atoms in total. The quantitative estimate of drug-likeness (QED) is 0.815. The van der Waals surface area contributed by atoms with Gasteiger partial charge in [0.1, 0.15) is 5.69 Å². The Kier molecular flexibility index (Phi) is 4.76. The van der Waals surface area contributed by atoms with Crippen LogP contribution in [-0.2, 0) is 6.54 Å². The highest BCUT2D eigenvalue weighted by molar-refractivity contribution is 5.97. The summed E-state index contributed by atoms with van der Waals surface area (Å²) >= 11 is 0. The largest absolute Gasteiger partial charge is 0.396 e. The third-order valence-corrected chi connectivity index (χ3v) is 3.79. The number of rotatable bonds is 6. The number of aryl methyl sites for hydroxylation is 1. The molecule has 0 unspecified atom stereocenters. The fraction of sp³-hybridized carbons (Fsp3) is 0.692. The third-order valence-electron chi connectivity index (χ3n) is 3.79. The molecule has 1 aromatic heterocycles. The lowest BCUT2D eigenvalue weighted by atomic mass is 9.89. The molecule has 3 N–H and O–H groups in total. The first-order chi connectivity index (χ1) is 8.53. The number of nitrogen functional groups attached to an aromatic ring is 1. The Morgan fingerprint density at radius 3 is 2.33 bits per heavy atom. The van der Waals surface area contributed by atoms with Crippen LogP contribution in [-0.4, -0.2) is 21.2 Å². The number of nitrogens with one attached hydrogen (secondary N) is 1. The smallest absolute Gasteiger partial charge is 0.272 e. The number of nitrogens with two attached hydrogens (primary N) is 1. The molecule has 0 aliphatic heterocycles. The summed E-state index contributed by atoms with van der Waals surface area (Å²) in [4.78, 5) is 12.3. The van der Waals surface area contributed by atoms with Gasteiger partial charge in [0.15, 0.2) is 0 Å². The molecular weight excluding hydrogens is 228 g/mol. The van der Waals surface area contributed by atoms with Crippen molar-refractivity contribution in [3.8, 4) is 0 Å². The van der Waals surface area contributed by atoms with Crippen LogP contribution < -0.4 is 11.1 Å². The highest BCUT2D eigenvalue weighted by Crippen LogP contribution is 2.21. The number of carbonyl (C=O) groups excluding carboxylic acids is 1. The zero-order chi connectivity index (χ0) is 13.8. The second kappa shape index (κ2) is 5.89. The number of anilines is 1. The van der Waals surface area contributed by atoms with Crippen molar-refractivity contribution in [3.63, 3.8) is 0 Å². The van der Waals surface area contributed by atoms with Gasteiger partial charge < -0.3 is 11.1 Å². The predicted octanol–water partition coefficient (Wildman–Crippen LogP) is 2.18. The van der Waals surface area contributed by atoms with E-state index >= 15 is 0 Å². The Morgan fingerprint density at radius 1 is 1.33 bits per heavy atom. The van der Waals surface area contributed by atoms with E-state index in [1.165, 1.54) is 6.20 Å². The van der Waals surface area contributed by atoms with Crippen molar-refractivity contribution in [1.29, 1.82) is 0 Å². The van der Waals surface area contributed by atoms with Crippen LogP contribution in [0.25, 0.3) is 0 Å². The van der Waals surface area contributed by atoms with E-state index in [2.05, 4.69) is 31.2 Å². The zero-order valence-corrected chi connectivity index (χ0v) is 11.8. The second-order valence-corrected chi connectivity index (χ2v) is 4.56. The van der Waals surface area contributed by atoms with Gasteiger partial charge in [-0.15, -0.1) is 0 Å². The molecule has 0 radical (unpaired) electrons. The maximum atomic E-state index is 12.3. The van der Waals surface area contributed by atoms with Crippen molar-refractivity contribution in [2.75, 3.05) is 5.73 Å². The highest BCUT2D eigenvalue weighted by Gasteiger charge is 2.28.